The van der Waals surface area contributed by atoms with Crippen LogP contribution in [0.15, 0.2) is 54.7 Å². The maximum atomic E-state index is 13.2. The fraction of sp³-hybridized carbons (Fsp3) is 0.238. The molecule has 5 heteroatoms. The van der Waals surface area contributed by atoms with Crippen molar-refractivity contribution < 1.29 is 9.18 Å². The van der Waals surface area contributed by atoms with E-state index in [1.54, 1.807) is 23.0 Å². The first kappa shape index (κ1) is 16.5. The molecular formula is C21H20FN3O. The Kier molecular flexibility index (Phi) is 4.29. The zero-order valence-corrected chi connectivity index (χ0v) is 14.6. The van der Waals surface area contributed by atoms with Crippen LogP contribution in [0.3, 0.4) is 0 Å². The van der Waals surface area contributed by atoms with Crippen molar-refractivity contribution in [1.82, 2.24) is 15.1 Å². The van der Waals surface area contributed by atoms with E-state index < -0.39 is 0 Å². The maximum Gasteiger partial charge on any atom is 0.255 e. The Hall–Kier alpha value is -2.95. The number of amides is 1. The molecule has 2 aromatic carbocycles. The molecule has 3 aromatic rings. The molecule has 4 rings (SSSR count). The number of nitrogens with zero attached hydrogens (tertiary/aromatic N) is 2. The van der Waals surface area contributed by atoms with Crippen molar-refractivity contribution in [3.8, 4) is 16.9 Å². The van der Waals surface area contributed by atoms with Crippen molar-refractivity contribution in [2.24, 2.45) is 5.92 Å². The Morgan fingerprint density at radius 3 is 2.69 bits per heavy atom. The number of carbonyl (C=O) groups excluding carboxylic acids is 1. The van der Waals surface area contributed by atoms with Gasteiger partial charge in [0, 0.05) is 18.3 Å². The Labute approximate surface area is 151 Å². The maximum absolute atomic E-state index is 13.2. The summed E-state index contributed by atoms with van der Waals surface area (Å²) in [6, 6.07) is 14.0. The first-order chi connectivity index (χ1) is 12.6. The summed E-state index contributed by atoms with van der Waals surface area (Å²) in [5.41, 5.74) is 3.86. The molecule has 1 amide bonds. The Bertz CT molecular complexity index is 942. The van der Waals surface area contributed by atoms with Crippen molar-refractivity contribution >= 4 is 5.91 Å². The van der Waals surface area contributed by atoms with Gasteiger partial charge in [0.2, 0.25) is 0 Å². The quantitative estimate of drug-likeness (QED) is 0.753. The monoisotopic (exact) mass is 349 g/mol. The summed E-state index contributed by atoms with van der Waals surface area (Å²) in [5, 5.41) is 7.63. The molecule has 1 N–H and O–H groups in total. The predicted molar refractivity (Wildman–Crippen MR) is 98.8 cm³/mol. The van der Waals surface area contributed by atoms with E-state index in [9.17, 15) is 9.18 Å². The fourth-order valence-electron chi connectivity index (χ4n) is 2.93. The van der Waals surface area contributed by atoms with Gasteiger partial charge in [-0.25, -0.2) is 9.07 Å². The molecule has 1 fully saturated rings. The highest BCUT2D eigenvalue weighted by Crippen LogP contribution is 2.28. The normalized spacial score (nSPS) is 13.6. The van der Waals surface area contributed by atoms with Gasteiger partial charge in [-0.3, -0.25) is 4.79 Å². The van der Waals surface area contributed by atoms with E-state index in [0.29, 0.717) is 29.4 Å². The fourth-order valence-corrected chi connectivity index (χ4v) is 2.93. The van der Waals surface area contributed by atoms with Crippen molar-refractivity contribution in [1.29, 1.82) is 0 Å². The number of aromatic nitrogens is 2. The first-order valence-corrected chi connectivity index (χ1v) is 8.81. The molecule has 0 radical (unpaired) electrons. The summed E-state index contributed by atoms with van der Waals surface area (Å²) < 4.78 is 14.8. The van der Waals surface area contributed by atoms with E-state index in [1.807, 2.05) is 31.2 Å². The van der Waals surface area contributed by atoms with Crippen molar-refractivity contribution in [3.05, 3.63) is 71.7 Å². The van der Waals surface area contributed by atoms with Gasteiger partial charge in [0.1, 0.15) is 11.5 Å². The molecule has 0 unspecified atom stereocenters. The van der Waals surface area contributed by atoms with E-state index in [0.717, 1.165) is 11.1 Å². The van der Waals surface area contributed by atoms with Crippen LogP contribution in [0, 0.1) is 18.7 Å². The van der Waals surface area contributed by atoms with Gasteiger partial charge in [0.25, 0.3) is 5.91 Å². The molecule has 1 aromatic heterocycles. The molecular weight excluding hydrogens is 329 g/mol. The standard InChI is InChI=1S/C21H20FN3O/c1-14-3-2-4-16(11-14)20-19(21(26)23-12-15-5-6-15)13-25(24-20)18-9-7-17(22)8-10-18/h2-4,7-11,13,15H,5-6,12H2,1H3,(H,23,26). The first-order valence-electron chi connectivity index (χ1n) is 8.81. The number of aryl methyl sites for hydroxylation is 1. The van der Waals surface area contributed by atoms with E-state index in [1.165, 1.54) is 25.0 Å². The molecule has 0 aliphatic heterocycles. The van der Waals surface area contributed by atoms with Gasteiger partial charge in [-0.15, -0.1) is 0 Å². The average Bonchev–Trinajstić information content (AvgIpc) is 3.36. The molecule has 0 saturated heterocycles. The SMILES string of the molecule is Cc1cccc(-c2nn(-c3ccc(F)cc3)cc2C(=O)NCC2CC2)c1. The molecule has 1 aliphatic carbocycles. The van der Waals surface area contributed by atoms with Gasteiger partial charge < -0.3 is 5.32 Å². The highest BCUT2D eigenvalue weighted by Gasteiger charge is 2.24. The van der Waals surface area contributed by atoms with Gasteiger partial charge >= 0.3 is 0 Å². The number of halogens is 1. The Morgan fingerprint density at radius 2 is 2.00 bits per heavy atom. The molecule has 1 heterocycles. The summed E-state index contributed by atoms with van der Waals surface area (Å²) in [4.78, 5) is 12.7. The molecule has 4 nitrogen and oxygen atoms in total. The van der Waals surface area contributed by atoms with Gasteiger partial charge in [0.15, 0.2) is 0 Å². The topological polar surface area (TPSA) is 46.9 Å². The zero-order valence-electron chi connectivity index (χ0n) is 14.6. The molecule has 1 aliphatic rings. The van der Waals surface area contributed by atoms with Crippen molar-refractivity contribution in [2.75, 3.05) is 6.54 Å². The number of nitrogens with one attached hydrogen (secondary N) is 1. The zero-order chi connectivity index (χ0) is 18.1. The lowest BCUT2D eigenvalue weighted by Gasteiger charge is -2.05. The van der Waals surface area contributed by atoms with Crippen LogP contribution in [0.2, 0.25) is 0 Å². The van der Waals surface area contributed by atoms with E-state index in [2.05, 4.69) is 10.4 Å². The van der Waals surface area contributed by atoms with Crippen LogP contribution >= 0.6 is 0 Å². The number of rotatable bonds is 5. The molecule has 0 spiro atoms. The third-order valence-corrected chi connectivity index (χ3v) is 4.59. The number of hydrogen-bond acceptors (Lipinski definition) is 2. The second-order valence-corrected chi connectivity index (χ2v) is 6.84. The van der Waals surface area contributed by atoms with E-state index in [-0.39, 0.29) is 11.7 Å². The second kappa shape index (κ2) is 6.75. The van der Waals surface area contributed by atoms with E-state index >= 15 is 0 Å². The Morgan fingerprint density at radius 1 is 1.23 bits per heavy atom. The lowest BCUT2D eigenvalue weighted by Crippen LogP contribution is -2.25. The second-order valence-electron chi connectivity index (χ2n) is 6.84. The lowest BCUT2D eigenvalue weighted by molar-refractivity contribution is 0.0952. The number of carbonyl (C=O) groups is 1. The molecule has 1 saturated carbocycles. The van der Waals surface area contributed by atoms with Crippen LogP contribution in [0.1, 0.15) is 28.8 Å². The van der Waals surface area contributed by atoms with Crippen LogP contribution < -0.4 is 5.32 Å². The minimum Gasteiger partial charge on any atom is -0.352 e. The van der Waals surface area contributed by atoms with Crippen LogP contribution in [-0.4, -0.2) is 22.2 Å². The molecule has 26 heavy (non-hydrogen) atoms. The average molecular weight is 349 g/mol. The van der Waals surface area contributed by atoms with Gasteiger partial charge in [-0.1, -0.05) is 23.8 Å². The summed E-state index contributed by atoms with van der Waals surface area (Å²) in [7, 11) is 0. The van der Waals surface area contributed by atoms with Crippen LogP contribution in [0.4, 0.5) is 4.39 Å². The largest absolute Gasteiger partial charge is 0.352 e. The lowest BCUT2D eigenvalue weighted by atomic mass is 10.1. The minimum absolute atomic E-state index is 0.123. The molecule has 0 bridgehead atoms. The van der Waals surface area contributed by atoms with Gasteiger partial charge in [-0.2, -0.15) is 5.10 Å². The summed E-state index contributed by atoms with van der Waals surface area (Å²) >= 11 is 0. The Balaban J connectivity index is 1.73. The van der Waals surface area contributed by atoms with E-state index in [4.69, 9.17) is 0 Å². The highest BCUT2D eigenvalue weighted by molar-refractivity contribution is 6.00. The summed E-state index contributed by atoms with van der Waals surface area (Å²) in [6.45, 7) is 2.71. The smallest absolute Gasteiger partial charge is 0.255 e. The molecule has 0 atom stereocenters. The molecule has 132 valence electrons. The summed E-state index contributed by atoms with van der Waals surface area (Å²) in [5.74, 6) is 0.178. The van der Waals surface area contributed by atoms with Gasteiger partial charge in [-0.05, 0) is 56.0 Å². The van der Waals surface area contributed by atoms with Crippen LogP contribution in [-0.2, 0) is 0 Å². The van der Waals surface area contributed by atoms with Crippen LogP contribution in [0.5, 0.6) is 0 Å². The van der Waals surface area contributed by atoms with Crippen LogP contribution in [0.25, 0.3) is 16.9 Å². The number of hydrogen-bond donors (Lipinski definition) is 1. The third kappa shape index (κ3) is 3.52. The predicted octanol–water partition coefficient (Wildman–Crippen LogP) is 4.13. The van der Waals surface area contributed by atoms with Crippen molar-refractivity contribution in [2.45, 2.75) is 19.8 Å². The summed E-state index contributed by atoms with van der Waals surface area (Å²) in [6.07, 6.45) is 4.08. The third-order valence-electron chi connectivity index (χ3n) is 4.59. The van der Waals surface area contributed by atoms with Gasteiger partial charge in [0.05, 0.1) is 11.3 Å². The number of benzene rings is 2. The highest BCUT2D eigenvalue weighted by atomic mass is 19.1. The minimum atomic E-state index is -0.304. The van der Waals surface area contributed by atoms with Crippen molar-refractivity contribution in [3.63, 3.8) is 0 Å².